The molecule has 0 spiro atoms. The van der Waals surface area contributed by atoms with Crippen molar-refractivity contribution < 1.29 is 9.53 Å². The first kappa shape index (κ1) is 15.4. The van der Waals surface area contributed by atoms with Gasteiger partial charge in [-0.1, -0.05) is 18.2 Å². The summed E-state index contributed by atoms with van der Waals surface area (Å²) in [6.45, 7) is 1.20. The lowest BCUT2D eigenvalue weighted by Gasteiger charge is -2.32. The fourth-order valence-corrected chi connectivity index (χ4v) is 2.92. The molecule has 1 aromatic carbocycles. The van der Waals surface area contributed by atoms with E-state index in [1.54, 1.807) is 47.8 Å². The molecule has 1 N–H and O–H groups in total. The molecular weight excluding hydrogens is 322 g/mol. The Labute approximate surface area is 142 Å². The molecule has 0 bridgehead atoms. The van der Waals surface area contributed by atoms with Crippen molar-refractivity contribution in [1.82, 2.24) is 25.1 Å². The lowest BCUT2D eigenvalue weighted by Crippen LogP contribution is -2.43. The van der Waals surface area contributed by atoms with Gasteiger partial charge in [-0.3, -0.25) is 19.6 Å². The fourth-order valence-electron chi connectivity index (χ4n) is 2.92. The van der Waals surface area contributed by atoms with Crippen molar-refractivity contribution in [2.24, 2.45) is 0 Å². The second-order valence-electron chi connectivity index (χ2n) is 5.69. The Kier molecular flexibility index (Phi) is 3.95. The molecule has 25 heavy (non-hydrogen) atoms. The maximum atomic E-state index is 13.0. The molecule has 1 saturated heterocycles. The molecular formula is C17H15N5O3. The van der Waals surface area contributed by atoms with Crippen molar-refractivity contribution in [3.8, 4) is 0 Å². The standard InChI is InChI=1S/C17H15N5O3/c23-16-12-4-2-1-3-11(12)15(20-21-16)17(24)22-7-8-25-14(10-22)13-9-18-5-6-19-13/h1-6,9,14H,7-8,10H2,(H,21,23). The first-order valence-corrected chi connectivity index (χ1v) is 7.88. The van der Waals surface area contributed by atoms with E-state index in [0.717, 1.165) is 0 Å². The molecule has 126 valence electrons. The third-order valence-corrected chi connectivity index (χ3v) is 4.17. The van der Waals surface area contributed by atoms with Crippen LogP contribution in [0.3, 0.4) is 0 Å². The molecule has 2 aromatic heterocycles. The summed E-state index contributed by atoms with van der Waals surface area (Å²) in [5.41, 5.74) is 0.598. The molecule has 1 fully saturated rings. The Morgan fingerprint density at radius 2 is 2.08 bits per heavy atom. The van der Waals surface area contributed by atoms with Crippen molar-refractivity contribution in [1.29, 1.82) is 0 Å². The first-order chi connectivity index (χ1) is 12.2. The van der Waals surface area contributed by atoms with E-state index in [2.05, 4.69) is 20.2 Å². The number of carbonyl (C=O) groups excluding carboxylic acids is 1. The number of benzene rings is 1. The van der Waals surface area contributed by atoms with Gasteiger partial charge in [0.05, 0.1) is 30.4 Å². The number of nitrogens with one attached hydrogen (secondary N) is 1. The topological polar surface area (TPSA) is 101 Å². The minimum Gasteiger partial charge on any atom is -0.368 e. The normalized spacial score (nSPS) is 17.6. The summed E-state index contributed by atoms with van der Waals surface area (Å²) < 4.78 is 5.71. The monoisotopic (exact) mass is 337 g/mol. The molecule has 1 aliphatic heterocycles. The summed E-state index contributed by atoms with van der Waals surface area (Å²) >= 11 is 0. The van der Waals surface area contributed by atoms with E-state index in [1.165, 1.54) is 0 Å². The van der Waals surface area contributed by atoms with Crippen LogP contribution in [0.25, 0.3) is 10.8 Å². The maximum Gasteiger partial charge on any atom is 0.275 e. The summed E-state index contributed by atoms with van der Waals surface area (Å²) in [7, 11) is 0. The number of aromatic amines is 1. The zero-order chi connectivity index (χ0) is 17.2. The van der Waals surface area contributed by atoms with Gasteiger partial charge in [0.15, 0.2) is 5.69 Å². The molecule has 3 heterocycles. The van der Waals surface area contributed by atoms with Gasteiger partial charge in [-0.2, -0.15) is 5.10 Å². The number of ether oxygens (including phenoxy) is 1. The highest BCUT2D eigenvalue weighted by Gasteiger charge is 2.28. The fraction of sp³-hybridized carbons (Fsp3) is 0.235. The predicted molar refractivity (Wildman–Crippen MR) is 89.0 cm³/mol. The van der Waals surface area contributed by atoms with Crippen molar-refractivity contribution in [3.05, 3.63) is 64.6 Å². The number of nitrogens with zero attached hydrogens (tertiary/aromatic N) is 4. The molecule has 0 aliphatic carbocycles. The molecule has 1 amide bonds. The van der Waals surface area contributed by atoms with Crippen LogP contribution in [-0.2, 0) is 4.74 Å². The number of fused-ring (bicyclic) bond motifs is 1. The molecule has 8 nitrogen and oxygen atoms in total. The second-order valence-corrected chi connectivity index (χ2v) is 5.69. The maximum absolute atomic E-state index is 13.0. The van der Waals surface area contributed by atoms with Gasteiger partial charge in [0.25, 0.3) is 11.5 Å². The molecule has 1 atom stereocenters. The zero-order valence-electron chi connectivity index (χ0n) is 13.3. The number of H-pyrrole nitrogens is 1. The van der Waals surface area contributed by atoms with E-state index in [4.69, 9.17) is 4.74 Å². The zero-order valence-corrected chi connectivity index (χ0v) is 13.3. The van der Waals surface area contributed by atoms with Gasteiger partial charge in [0, 0.05) is 24.3 Å². The van der Waals surface area contributed by atoms with E-state index < -0.39 is 0 Å². The van der Waals surface area contributed by atoms with Gasteiger partial charge in [-0.15, -0.1) is 0 Å². The largest absolute Gasteiger partial charge is 0.368 e. The summed E-state index contributed by atoms with van der Waals surface area (Å²) in [5, 5.41) is 7.37. The van der Waals surface area contributed by atoms with Gasteiger partial charge in [-0.25, -0.2) is 5.10 Å². The third kappa shape index (κ3) is 2.87. The van der Waals surface area contributed by atoms with Gasteiger partial charge in [-0.05, 0) is 6.07 Å². The van der Waals surface area contributed by atoms with Crippen LogP contribution in [0.4, 0.5) is 0 Å². The SMILES string of the molecule is O=C(c1n[nH]c(=O)c2ccccc12)N1CCOC(c2cnccn2)C1. The van der Waals surface area contributed by atoms with E-state index in [1.807, 2.05) is 0 Å². The number of carbonyl (C=O) groups is 1. The van der Waals surface area contributed by atoms with Crippen molar-refractivity contribution in [3.63, 3.8) is 0 Å². The van der Waals surface area contributed by atoms with Gasteiger partial charge >= 0.3 is 0 Å². The van der Waals surface area contributed by atoms with E-state index in [9.17, 15) is 9.59 Å². The molecule has 8 heteroatoms. The predicted octanol–water partition coefficient (Wildman–Crippen LogP) is 0.927. The average molecular weight is 337 g/mol. The van der Waals surface area contributed by atoms with Crippen molar-refractivity contribution in [2.45, 2.75) is 6.10 Å². The molecule has 0 saturated carbocycles. The Bertz CT molecular complexity index is 973. The third-order valence-electron chi connectivity index (χ3n) is 4.17. The molecule has 1 unspecified atom stereocenters. The minimum atomic E-state index is -0.333. The highest BCUT2D eigenvalue weighted by Crippen LogP contribution is 2.22. The van der Waals surface area contributed by atoms with Crippen LogP contribution in [0.15, 0.2) is 47.7 Å². The Morgan fingerprint density at radius 3 is 2.88 bits per heavy atom. The minimum absolute atomic E-state index is 0.231. The highest BCUT2D eigenvalue weighted by atomic mass is 16.5. The number of hydrogen-bond donors (Lipinski definition) is 1. The van der Waals surface area contributed by atoms with Crippen LogP contribution in [0, 0.1) is 0 Å². The number of rotatable bonds is 2. The highest BCUT2D eigenvalue weighted by molar-refractivity contribution is 6.04. The van der Waals surface area contributed by atoms with Crippen molar-refractivity contribution >= 4 is 16.7 Å². The van der Waals surface area contributed by atoms with Crippen molar-refractivity contribution in [2.75, 3.05) is 19.7 Å². The number of aromatic nitrogens is 4. The van der Waals surface area contributed by atoms with Crippen LogP contribution in [0.2, 0.25) is 0 Å². The number of morpholine rings is 1. The number of hydrogen-bond acceptors (Lipinski definition) is 6. The Balaban J connectivity index is 1.65. The summed E-state index contributed by atoms with van der Waals surface area (Å²) in [4.78, 5) is 34.8. The summed E-state index contributed by atoms with van der Waals surface area (Å²) in [6.07, 6.45) is 4.48. The van der Waals surface area contributed by atoms with Crippen LogP contribution < -0.4 is 5.56 Å². The molecule has 0 radical (unpaired) electrons. The lowest BCUT2D eigenvalue weighted by atomic mass is 10.1. The van der Waals surface area contributed by atoms with Crippen LogP contribution >= 0.6 is 0 Å². The summed E-state index contributed by atoms with van der Waals surface area (Å²) in [6, 6.07) is 6.94. The smallest absolute Gasteiger partial charge is 0.275 e. The Morgan fingerprint density at radius 1 is 1.24 bits per heavy atom. The number of amides is 1. The van der Waals surface area contributed by atoms with Crippen LogP contribution in [-0.4, -0.2) is 50.7 Å². The van der Waals surface area contributed by atoms with Crippen LogP contribution in [0.1, 0.15) is 22.3 Å². The van der Waals surface area contributed by atoms with Gasteiger partial charge < -0.3 is 9.64 Å². The van der Waals surface area contributed by atoms with E-state index >= 15 is 0 Å². The van der Waals surface area contributed by atoms with Crippen LogP contribution in [0.5, 0.6) is 0 Å². The van der Waals surface area contributed by atoms with E-state index in [0.29, 0.717) is 36.2 Å². The average Bonchev–Trinajstić information content (AvgIpc) is 2.69. The quantitative estimate of drug-likeness (QED) is 0.746. The van der Waals surface area contributed by atoms with Gasteiger partial charge in [0.2, 0.25) is 0 Å². The first-order valence-electron chi connectivity index (χ1n) is 7.88. The lowest BCUT2D eigenvalue weighted by molar-refractivity contribution is -0.0250. The Hall–Kier alpha value is -3.13. The van der Waals surface area contributed by atoms with Gasteiger partial charge in [0.1, 0.15) is 6.10 Å². The summed E-state index contributed by atoms with van der Waals surface area (Å²) in [5.74, 6) is -0.246. The second kappa shape index (κ2) is 6.40. The molecule has 1 aliphatic rings. The van der Waals surface area contributed by atoms with E-state index in [-0.39, 0.29) is 23.3 Å². The molecule has 4 rings (SSSR count). The molecule has 3 aromatic rings.